The molecule has 9 heteroatoms. The Hall–Kier alpha value is -2.72. The molecule has 1 aromatic heterocycles. The lowest BCUT2D eigenvalue weighted by atomic mass is 10.0. The molecular weight excluding hydrogens is 506 g/mol. The Kier molecular flexibility index (Phi) is 10.7. The number of aliphatic hydroxyl groups is 1. The van der Waals surface area contributed by atoms with Crippen molar-refractivity contribution < 1.29 is 18.3 Å². The highest BCUT2D eigenvalue weighted by Gasteiger charge is 2.24. The van der Waals surface area contributed by atoms with Crippen molar-refractivity contribution in [2.45, 2.75) is 51.8 Å². The molecule has 2 aromatic carbocycles. The first kappa shape index (κ1) is 28.8. The highest BCUT2D eigenvalue weighted by molar-refractivity contribution is 7.92. The van der Waals surface area contributed by atoms with Gasteiger partial charge in [0.25, 0.3) is 5.91 Å². The maximum atomic E-state index is 13.2. The Balaban J connectivity index is 1.71. The van der Waals surface area contributed by atoms with Crippen LogP contribution in [0.1, 0.15) is 45.9 Å². The standard InChI is InChI=1S/C28H37N3O4S2/c1-4-16-37(34,35)31(3)23-13-9-12-22(18-23)28(33)30-26(17-21-10-7-6-8-11-21)27(32)20-29-19-25-15-14-24(5-2)36-25/h6-15,18,26-27,29,32H,4-5,16-17,19-20H2,1-3H3,(H,30,33)/t26-,27-/m0/s1. The number of thiophene rings is 1. The van der Waals surface area contributed by atoms with Gasteiger partial charge in [0.2, 0.25) is 10.0 Å². The van der Waals surface area contributed by atoms with E-state index in [-0.39, 0.29) is 11.7 Å². The first-order chi connectivity index (χ1) is 17.7. The quantitative estimate of drug-likeness (QED) is 0.286. The van der Waals surface area contributed by atoms with E-state index in [4.69, 9.17) is 0 Å². The minimum absolute atomic E-state index is 0.0312. The van der Waals surface area contributed by atoms with Crippen LogP contribution < -0.4 is 14.9 Å². The van der Waals surface area contributed by atoms with E-state index < -0.39 is 22.2 Å². The van der Waals surface area contributed by atoms with Gasteiger partial charge in [-0.15, -0.1) is 11.3 Å². The fraction of sp³-hybridized carbons (Fsp3) is 0.393. The smallest absolute Gasteiger partial charge is 0.251 e. The van der Waals surface area contributed by atoms with Crippen LogP contribution in [0, 0.1) is 0 Å². The van der Waals surface area contributed by atoms with Gasteiger partial charge in [0, 0.05) is 35.5 Å². The van der Waals surface area contributed by atoms with Gasteiger partial charge in [0.15, 0.2) is 0 Å². The molecule has 37 heavy (non-hydrogen) atoms. The van der Waals surface area contributed by atoms with Crippen molar-refractivity contribution in [3.63, 3.8) is 0 Å². The number of aryl methyl sites for hydroxylation is 1. The van der Waals surface area contributed by atoms with Gasteiger partial charge in [-0.25, -0.2) is 8.42 Å². The van der Waals surface area contributed by atoms with E-state index in [9.17, 15) is 18.3 Å². The zero-order valence-electron chi connectivity index (χ0n) is 21.7. The van der Waals surface area contributed by atoms with Crippen LogP contribution in [0.2, 0.25) is 0 Å². The summed E-state index contributed by atoms with van der Waals surface area (Å²) >= 11 is 1.75. The summed E-state index contributed by atoms with van der Waals surface area (Å²) < 4.78 is 26.2. The number of rotatable bonds is 14. The number of amides is 1. The van der Waals surface area contributed by atoms with Gasteiger partial charge in [0.1, 0.15) is 0 Å². The largest absolute Gasteiger partial charge is 0.390 e. The summed E-state index contributed by atoms with van der Waals surface area (Å²) in [6.45, 7) is 4.90. The van der Waals surface area contributed by atoms with E-state index in [1.54, 1.807) is 35.6 Å². The van der Waals surface area contributed by atoms with Gasteiger partial charge in [-0.3, -0.25) is 9.10 Å². The van der Waals surface area contributed by atoms with Crippen LogP contribution in [0.25, 0.3) is 0 Å². The van der Waals surface area contributed by atoms with E-state index in [1.165, 1.54) is 21.1 Å². The van der Waals surface area contributed by atoms with Gasteiger partial charge >= 0.3 is 0 Å². The second kappa shape index (κ2) is 13.7. The molecule has 3 rings (SSSR count). The summed E-state index contributed by atoms with van der Waals surface area (Å²) in [6.07, 6.45) is 1.14. The van der Waals surface area contributed by atoms with Crippen LogP contribution in [-0.2, 0) is 29.4 Å². The molecule has 200 valence electrons. The van der Waals surface area contributed by atoms with Gasteiger partial charge in [-0.1, -0.05) is 50.2 Å². The Bertz CT molecular complexity index is 1250. The number of anilines is 1. The van der Waals surface area contributed by atoms with E-state index in [0.717, 1.165) is 12.0 Å². The van der Waals surface area contributed by atoms with Gasteiger partial charge in [0.05, 0.1) is 23.6 Å². The van der Waals surface area contributed by atoms with Gasteiger partial charge in [-0.2, -0.15) is 0 Å². The normalized spacial score (nSPS) is 13.2. The number of nitrogens with zero attached hydrogens (tertiary/aromatic N) is 1. The van der Waals surface area contributed by atoms with Crippen molar-refractivity contribution >= 4 is 33.0 Å². The van der Waals surface area contributed by atoms with Crippen LogP contribution >= 0.6 is 11.3 Å². The first-order valence-corrected chi connectivity index (χ1v) is 15.0. The Morgan fingerprint density at radius 3 is 2.43 bits per heavy atom. The lowest BCUT2D eigenvalue weighted by Gasteiger charge is -2.25. The maximum Gasteiger partial charge on any atom is 0.251 e. The van der Waals surface area contributed by atoms with Crippen molar-refractivity contribution in [2.75, 3.05) is 23.7 Å². The average Bonchev–Trinajstić information content (AvgIpc) is 3.36. The third-order valence-electron chi connectivity index (χ3n) is 6.15. The van der Waals surface area contributed by atoms with E-state index >= 15 is 0 Å². The lowest BCUT2D eigenvalue weighted by molar-refractivity contribution is 0.0830. The number of carbonyl (C=O) groups excluding carboxylic acids is 1. The third-order valence-corrected chi connectivity index (χ3v) is 9.35. The molecule has 0 bridgehead atoms. The van der Waals surface area contributed by atoms with Crippen molar-refractivity contribution in [3.8, 4) is 0 Å². The minimum Gasteiger partial charge on any atom is -0.390 e. The van der Waals surface area contributed by atoms with Crippen molar-refractivity contribution in [2.24, 2.45) is 0 Å². The summed E-state index contributed by atoms with van der Waals surface area (Å²) in [5.41, 5.74) is 1.75. The molecule has 0 radical (unpaired) electrons. The molecule has 0 aliphatic rings. The lowest BCUT2D eigenvalue weighted by Crippen LogP contribution is -2.48. The predicted octanol–water partition coefficient (Wildman–Crippen LogP) is 3.98. The van der Waals surface area contributed by atoms with E-state index in [0.29, 0.717) is 37.2 Å². The molecule has 1 heterocycles. The number of hydrogen-bond acceptors (Lipinski definition) is 6. The molecule has 0 aliphatic carbocycles. The van der Waals surface area contributed by atoms with Crippen molar-refractivity contribution in [3.05, 3.63) is 87.6 Å². The molecule has 0 spiro atoms. The Labute approximate surface area is 224 Å². The monoisotopic (exact) mass is 543 g/mol. The molecule has 0 saturated carbocycles. The molecular formula is C28H37N3O4S2. The summed E-state index contributed by atoms with van der Waals surface area (Å²) in [4.78, 5) is 15.7. The second-order valence-electron chi connectivity index (χ2n) is 9.02. The maximum absolute atomic E-state index is 13.2. The highest BCUT2D eigenvalue weighted by atomic mass is 32.2. The molecule has 0 saturated heterocycles. The van der Waals surface area contributed by atoms with Crippen molar-refractivity contribution in [1.82, 2.24) is 10.6 Å². The van der Waals surface area contributed by atoms with Crippen LogP contribution in [0.15, 0.2) is 66.7 Å². The summed E-state index contributed by atoms with van der Waals surface area (Å²) in [6, 6.07) is 19.9. The minimum atomic E-state index is -3.46. The Morgan fingerprint density at radius 2 is 1.76 bits per heavy atom. The number of hydrogen-bond donors (Lipinski definition) is 3. The number of carbonyl (C=O) groups is 1. The van der Waals surface area contributed by atoms with Gasteiger partial charge in [-0.05, 0) is 55.2 Å². The summed E-state index contributed by atoms with van der Waals surface area (Å²) in [7, 11) is -1.97. The molecule has 0 fully saturated rings. The fourth-order valence-corrected chi connectivity index (χ4v) is 6.15. The van der Waals surface area contributed by atoms with Crippen LogP contribution in [0.5, 0.6) is 0 Å². The number of benzene rings is 2. The van der Waals surface area contributed by atoms with Crippen LogP contribution in [0.3, 0.4) is 0 Å². The molecule has 0 aliphatic heterocycles. The van der Waals surface area contributed by atoms with Gasteiger partial charge < -0.3 is 15.7 Å². The van der Waals surface area contributed by atoms with E-state index in [2.05, 4.69) is 29.7 Å². The second-order valence-corrected chi connectivity index (χ2v) is 12.4. The fourth-order valence-electron chi connectivity index (χ4n) is 3.99. The Morgan fingerprint density at radius 1 is 1.03 bits per heavy atom. The van der Waals surface area contributed by atoms with E-state index in [1.807, 2.05) is 37.3 Å². The number of sulfonamides is 1. The predicted molar refractivity (Wildman–Crippen MR) is 152 cm³/mol. The summed E-state index contributed by atoms with van der Waals surface area (Å²) in [5, 5.41) is 17.3. The molecule has 3 aromatic rings. The molecule has 3 N–H and O–H groups in total. The first-order valence-electron chi connectivity index (χ1n) is 12.6. The zero-order valence-corrected chi connectivity index (χ0v) is 23.3. The molecule has 1 amide bonds. The zero-order chi connectivity index (χ0) is 26.8. The number of nitrogens with one attached hydrogen (secondary N) is 2. The third kappa shape index (κ3) is 8.39. The topological polar surface area (TPSA) is 98.7 Å². The molecule has 0 unspecified atom stereocenters. The summed E-state index contributed by atoms with van der Waals surface area (Å²) in [5.74, 6) is -0.335. The molecule has 2 atom stereocenters. The van der Waals surface area contributed by atoms with Crippen LogP contribution in [-0.4, -0.2) is 50.9 Å². The highest BCUT2D eigenvalue weighted by Crippen LogP contribution is 2.20. The van der Waals surface area contributed by atoms with Crippen molar-refractivity contribution in [1.29, 1.82) is 0 Å². The number of aliphatic hydroxyl groups excluding tert-OH is 1. The SMILES string of the molecule is CCCS(=O)(=O)N(C)c1cccc(C(=O)N[C@@H](Cc2ccccc2)[C@@H](O)CNCc2ccc(CC)s2)c1. The van der Waals surface area contributed by atoms with Crippen LogP contribution in [0.4, 0.5) is 5.69 Å². The average molecular weight is 544 g/mol. The molecule has 7 nitrogen and oxygen atoms in total.